The number of benzene rings is 1. The zero-order valence-electron chi connectivity index (χ0n) is 12.2. The molecular formula is C15H22N2O2. The first-order valence-corrected chi connectivity index (χ1v) is 6.47. The number of hydrogen-bond acceptors (Lipinski definition) is 4. The van der Waals surface area contributed by atoms with Crippen LogP contribution in [0.15, 0.2) is 18.2 Å². The van der Waals surface area contributed by atoms with Gasteiger partial charge in [0.15, 0.2) is 0 Å². The second-order valence-corrected chi connectivity index (χ2v) is 6.28. The van der Waals surface area contributed by atoms with Crippen molar-refractivity contribution < 1.29 is 9.53 Å². The number of carbonyl (C=O) groups excluding carboxylic acids is 1. The van der Waals surface area contributed by atoms with Gasteiger partial charge in [0, 0.05) is 6.04 Å². The van der Waals surface area contributed by atoms with E-state index >= 15 is 0 Å². The topological polar surface area (TPSA) is 64.3 Å². The number of anilines is 2. The van der Waals surface area contributed by atoms with E-state index in [1.807, 2.05) is 12.1 Å². The van der Waals surface area contributed by atoms with Gasteiger partial charge in [-0.1, -0.05) is 33.8 Å². The number of esters is 1. The number of hydrogen-bond donors (Lipinski definition) is 2. The zero-order valence-corrected chi connectivity index (χ0v) is 12.2. The van der Waals surface area contributed by atoms with Gasteiger partial charge < -0.3 is 15.8 Å². The van der Waals surface area contributed by atoms with Gasteiger partial charge in [-0.2, -0.15) is 0 Å². The van der Waals surface area contributed by atoms with Crippen LogP contribution in [0, 0.1) is 10.8 Å². The van der Waals surface area contributed by atoms with E-state index in [0.29, 0.717) is 17.3 Å². The smallest absolute Gasteiger partial charge is 0.340 e. The summed E-state index contributed by atoms with van der Waals surface area (Å²) in [4.78, 5) is 11.6. The number of ether oxygens (including phenoxy) is 1. The Kier molecular flexibility index (Phi) is 3.00. The van der Waals surface area contributed by atoms with Crippen LogP contribution < -0.4 is 11.1 Å². The van der Waals surface area contributed by atoms with Crippen molar-refractivity contribution in [3.05, 3.63) is 23.8 Å². The Balaban J connectivity index is 2.26. The second-order valence-electron chi connectivity index (χ2n) is 6.28. The van der Waals surface area contributed by atoms with Gasteiger partial charge in [0.2, 0.25) is 0 Å². The Morgan fingerprint density at radius 3 is 2.32 bits per heavy atom. The molecule has 0 bridgehead atoms. The molecule has 0 aliphatic heterocycles. The molecular weight excluding hydrogens is 240 g/mol. The van der Waals surface area contributed by atoms with Gasteiger partial charge in [-0.3, -0.25) is 0 Å². The Morgan fingerprint density at radius 2 is 1.84 bits per heavy atom. The maximum Gasteiger partial charge on any atom is 0.340 e. The van der Waals surface area contributed by atoms with Crippen LogP contribution in [0.4, 0.5) is 11.4 Å². The average molecular weight is 262 g/mol. The maximum atomic E-state index is 11.6. The van der Waals surface area contributed by atoms with Crippen LogP contribution in [0.3, 0.4) is 0 Å². The average Bonchev–Trinajstić information content (AvgIpc) is 2.73. The number of nitrogen functional groups attached to an aromatic ring is 1. The van der Waals surface area contributed by atoms with Gasteiger partial charge in [-0.25, -0.2) is 4.79 Å². The molecule has 4 nitrogen and oxygen atoms in total. The van der Waals surface area contributed by atoms with Gasteiger partial charge in [-0.15, -0.1) is 0 Å². The molecule has 1 aromatic rings. The van der Waals surface area contributed by atoms with Crippen LogP contribution in [0.2, 0.25) is 0 Å². The molecule has 1 aliphatic carbocycles. The molecule has 3 N–H and O–H groups in total. The Hall–Kier alpha value is -1.71. The normalized spacial score (nSPS) is 19.8. The summed E-state index contributed by atoms with van der Waals surface area (Å²) >= 11 is 0. The lowest BCUT2D eigenvalue weighted by atomic mass is 10.0. The summed E-state index contributed by atoms with van der Waals surface area (Å²) in [6.07, 6.45) is 0. The van der Waals surface area contributed by atoms with Crippen molar-refractivity contribution in [1.29, 1.82) is 0 Å². The second kappa shape index (κ2) is 4.15. The Bertz CT molecular complexity index is 507. The molecule has 0 amide bonds. The largest absolute Gasteiger partial charge is 0.465 e. The number of para-hydroxylation sites is 1. The molecule has 0 heterocycles. The summed E-state index contributed by atoms with van der Waals surface area (Å²) in [7, 11) is 1.36. The first-order valence-electron chi connectivity index (χ1n) is 6.47. The number of carbonyl (C=O) groups is 1. The van der Waals surface area contributed by atoms with Gasteiger partial charge in [0.05, 0.1) is 24.0 Å². The third-order valence-electron chi connectivity index (χ3n) is 4.83. The molecule has 1 saturated carbocycles. The lowest BCUT2D eigenvalue weighted by Gasteiger charge is -2.13. The van der Waals surface area contributed by atoms with Crippen LogP contribution in [0.1, 0.15) is 38.1 Å². The van der Waals surface area contributed by atoms with Crippen molar-refractivity contribution in [3.63, 3.8) is 0 Å². The van der Waals surface area contributed by atoms with Crippen molar-refractivity contribution in [1.82, 2.24) is 0 Å². The standard InChI is InChI=1S/C15H22N2O2/c1-14(2)13(15(14,3)4)17-10-8-6-7-9(11(10)16)12(18)19-5/h6-8,13,17H,16H2,1-5H3. The van der Waals surface area contributed by atoms with Crippen molar-refractivity contribution in [2.45, 2.75) is 33.7 Å². The molecule has 2 rings (SSSR count). The van der Waals surface area contributed by atoms with Gasteiger partial charge in [0.25, 0.3) is 0 Å². The molecule has 19 heavy (non-hydrogen) atoms. The van der Waals surface area contributed by atoms with Gasteiger partial charge in [-0.05, 0) is 23.0 Å². The van der Waals surface area contributed by atoms with E-state index in [1.54, 1.807) is 6.07 Å². The molecule has 0 atom stereocenters. The molecule has 0 aromatic heterocycles. The van der Waals surface area contributed by atoms with Gasteiger partial charge >= 0.3 is 5.97 Å². The highest BCUT2D eigenvalue weighted by Crippen LogP contribution is 2.63. The van der Waals surface area contributed by atoms with Crippen molar-refractivity contribution in [2.75, 3.05) is 18.2 Å². The number of methoxy groups -OCH3 is 1. The quantitative estimate of drug-likeness (QED) is 0.649. The fourth-order valence-corrected chi connectivity index (χ4v) is 2.69. The monoisotopic (exact) mass is 262 g/mol. The summed E-state index contributed by atoms with van der Waals surface area (Å²) in [5.74, 6) is -0.407. The number of nitrogens with one attached hydrogen (secondary N) is 1. The van der Waals surface area contributed by atoms with Crippen LogP contribution in [-0.4, -0.2) is 19.1 Å². The third-order valence-corrected chi connectivity index (χ3v) is 4.83. The van der Waals surface area contributed by atoms with Crippen LogP contribution >= 0.6 is 0 Å². The predicted molar refractivity (Wildman–Crippen MR) is 77.2 cm³/mol. The minimum absolute atomic E-state index is 0.209. The zero-order chi connectivity index (χ0) is 14.4. The highest BCUT2D eigenvalue weighted by Gasteiger charge is 2.65. The molecule has 1 aromatic carbocycles. The van der Waals surface area contributed by atoms with E-state index < -0.39 is 5.97 Å². The van der Waals surface area contributed by atoms with Crippen LogP contribution in [-0.2, 0) is 4.74 Å². The SMILES string of the molecule is COC(=O)c1cccc(NC2C(C)(C)C2(C)C)c1N. The first kappa shape index (κ1) is 13.7. The highest BCUT2D eigenvalue weighted by atomic mass is 16.5. The summed E-state index contributed by atoms with van der Waals surface area (Å²) in [5.41, 5.74) is 8.12. The predicted octanol–water partition coefficient (Wildman–Crippen LogP) is 2.90. The molecule has 1 fully saturated rings. The summed E-state index contributed by atoms with van der Waals surface area (Å²) in [5, 5.41) is 3.45. The van der Waals surface area contributed by atoms with Crippen molar-refractivity contribution >= 4 is 17.3 Å². The molecule has 0 radical (unpaired) electrons. The molecule has 1 aliphatic rings. The molecule has 0 unspecified atom stereocenters. The highest BCUT2D eigenvalue weighted by molar-refractivity contribution is 5.98. The molecule has 0 saturated heterocycles. The van der Waals surface area contributed by atoms with E-state index in [0.717, 1.165) is 5.69 Å². The summed E-state index contributed by atoms with van der Waals surface area (Å²) in [6.45, 7) is 8.91. The summed E-state index contributed by atoms with van der Waals surface area (Å²) in [6, 6.07) is 5.73. The van der Waals surface area contributed by atoms with E-state index in [9.17, 15) is 4.79 Å². The minimum atomic E-state index is -0.407. The van der Waals surface area contributed by atoms with E-state index in [1.165, 1.54) is 7.11 Å². The number of rotatable bonds is 3. The van der Waals surface area contributed by atoms with Crippen LogP contribution in [0.5, 0.6) is 0 Å². The maximum absolute atomic E-state index is 11.6. The van der Waals surface area contributed by atoms with E-state index in [4.69, 9.17) is 10.5 Å². The van der Waals surface area contributed by atoms with Crippen molar-refractivity contribution in [3.8, 4) is 0 Å². The third kappa shape index (κ3) is 1.95. The Labute approximate surface area is 114 Å². The fourth-order valence-electron chi connectivity index (χ4n) is 2.69. The molecule has 4 heteroatoms. The number of nitrogens with two attached hydrogens (primary N) is 1. The van der Waals surface area contributed by atoms with Crippen LogP contribution in [0.25, 0.3) is 0 Å². The lowest BCUT2D eigenvalue weighted by molar-refractivity contribution is 0.0602. The first-order chi connectivity index (χ1) is 8.73. The molecule has 0 spiro atoms. The minimum Gasteiger partial charge on any atom is -0.465 e. The van der Waals surface area contributed by atoms with Crippen molar-refractivity contribution in [2.24, 2.45) is 10.8 Å². The lowest BCUT2D eigenvalue weighted by Crippen LogP contribution is -2.14. The van der Waals surface area contributed by atoms with E-state index in [-0.39, 0.29) is 10.8 Å². The fraction of sp³-hybridized carbons (Fsp3) is 0.533. The Morgan fingerprint density at radius 1 is 1.26 bits per heavy atom. The summed E-state index contributed by atoms with van der Waals surface area (Å²) < 4.78 is 4.73. The molecule has 104 valence electrons. The van der Waals surface area contributed by atoms with E-state index in [2.05, 4.69) is 33.0 Å². The van der Waals surface area contributed by atoms with Gasteiger partial charge in [0.1, 0.15) is 0 Å².